The van der Waals surface area contributed by atoms with Crippen molar-refractivity contribution >= 4 is 34.2 Å². The number of para-hydroxylation sites is 2. The molecule has 130 valence electrons. The zero-order valence-corrected chi connectivity index (χ0v) is 15.6. The first-order chi connectivity index (χ1) is 12.6. The van der Waals surface area contributed by atoms with Crippen molar-refractivity contribution in [3.63, 3.8) is 0 Å². The number of rotatable bonds is 4. The molecule has 0 aliphatic carbocycles. The van der Waals surface area contributed by atoms with E-state index in [0.29, 0.717) is 22.4 Å². The van der Waals surface area contributed by atoms with E-state index >= 15 is 0 Å². The zero-order valence-electron chi connectivity index (χ0n) is 14.1. The molecule has 26 heavy (non-hydrogen) atoms. The lowest BCUT2D eigenvalue weighted by atomic mass is 10.2. The molecule has 0 aliphatic rings. The Labute approximate surface area is 161 Å². The van der Waals surface area contributed by atoms with Crippen LogP contribution in [0, 0.1) is 6.92 Å². The van der Waals surface area contributed by atoms with Gasteiger partial charge in [-0.1, -0.05) is 53.0 Å². The summed E-state index contributed by atoms with van der Waals surface area (Å²) in [5.74, 6) is 1.39. The Kier molecular flexibility index (Phi) is 4.58. The third-order valence-electron chi connectivity index (χ3n) is 4.17. The van der Waals surface area contributed by atoms with Gasteiger partial charge in [0.1, 0.15) is 12.4 Å². The molecule has 0 atom stereocenters. The van der Waals surface area contributed by atoms with E-state index < -0.39 is 0 Å². The summed E-state index contributed by atoms with van der Waals surface area (Å²) in [7, 11) is 0. The van der Waals surface area contributed by atoms with Gasteiger partial charge in [-0.3, -0.25) is 4.57 Å². The van der Waals surface area contributed by atoms with Gasteiger partial charge in [0.25, 0.3) is 0 Å². The Balaban J connectivity index is 1.74. The van der Waals surface area contributed by atoms with Crippen LogP contribution in [0.2, 0.25) is 10.0 Å². The SMILES string of the molecule is Cc1ccc(-n2c(COc3ccc(Cl)cc3Cl)nc3ccccc32)cc1. The molecule has 0 saturated carbocycles. The minimum atomic E-state index is 0.296. The summed E-state index contributed by atoms with van der Waals surface area (Å²) in [5.41, 5.74) is 4.22. The van der Waals surface area contributed by atoms with Crippen molar-refractivity contribution in [3.05, 3.63) is 88.2 Å². The summed E-state index contributed by atoms with van der Waals surface area (Å²) in [6.45, 7) is 2.37. The molecule has 1 aromatic heterocycles. The Bertz CT molecular complexity index is 1070. The first-order valence-corrected chi connectivity index (χ1v) is 8.99. The number of hydrogen-bond donors (Lipinski definition) is 0. The normalized spacial score (nSPS) is 11.0. The van der Waals surface area contributed by atoms with E-state index in [1.807, 2.05) is 18.2 Å². The van der Waals surface area contributed by atoms with E-state index in [-0.39, 0.29) is 0 Å². The van der Waals surface area contributed by atoms with Gasteiger partial charge in [-0.05, 0) is 49.4 Å². The molecule has 0 aliphatic heterocycles. The second kappa shape index (κ2) is 7.02. The van der Waals surface area contributed by atoms with E-state index in [0.717, 1.165) is 22.5 Å². The molecule has 0 amide bonds. The average molecular weight is 383 g/mol. The van der Waals surface area contributed by atoms with Crippen molar-refractivity contribution < 1.29 is 4.74 Å². The van der Waals surface area contributed by atoms with Gasteiger partial charge in [-0.25, -0.2) is 4.98 Å². The minimum absolute atomic E-state index is 0.296. The summed E-state index contributed by atoms with van der Waals surface area (Å²) < 4.78 is 8.03. The van der Waals surface area contributed by atoms with Crippen LogP contribution < -0.4 is 4.74 Å². The summed E-state index contributed by atoms with van der Waals surface area (Å²) in [4.78, 5) is 4.74. The highest BCUT2D eigenvalue weighted by molar-refractivity contribution is 6.35. The van der Waals surface area contributed by atoms with Crippen LogP contribution in [0.5, 0.6) is 5.75 Å². The highest BCUT2D eigenvalue weighted by Crippen LogP contribution is 2.29. The van der Waals surface area contributed by atoms with Gasteiger partial charge in [0.05, 0.1) is 16.1 Å². The number of aromatic nitrogens is 2. The fourth-order valence-corrected chi connectivity index (χ4v) is 3.35. The molecule has 1 heterocycles. The number of nitrogens with zero attached hydrogens (tertiary/aromatic N) is 2. The van der Waals surface area contributed by atoms with Gasteiger partial charge in [0.15, 0.2) is 5.82 Å². The number of halogens is 2. The van der Waals surface area contributed by atoms with E-state index in [1.165, 1.54) is 5.56 Å². The van der Waals surface area contributed by atoms with E-state index in [1.54, 1.807) is 18.2 Å². The predicted octanol–water partition coefficient (Wildman–Crippen LogP) is 6.22. The highest BCUT2D eigenvalue weighted by atomic mass is 35.5. The van der Waals surface area contributed by atoms with Crippen LogP contribution in [-0.2, 0) is 6.61 Å². The van der Waals surface area contributed by atoms with E-state index in [9.17, 15) is 0 Å². The van der Waals surface area contributed by atoms with E-state index in [4.69, 9.17) is 32.9 Å². The number of hydrogen-bond acceptors (Lipinski definition) is 2. The third kappa shape index (κ3) is 3.28. The second-order valence-corrected chi connectivity index (χ2v) is 6.89. The quantitative estimate of drug-likeness (QED) is 0.418. The highest BCUT2D eigenvalue weighted by Gasteiger charge is 2.13. The lowest BCUT2D eigenvalue weighted by Crippen LogP contribution is -2.06. The smallest absolute Gasteiger partial charge is 0.152 e. The molecule has 4 aromatic rings. The van der Waals surface area contributed by atoms with Gasteiger partial charge in [-0.2, -0.15) is 0 Å². The molecule has 0 spiro atoms. The van der Waals surface area contributed by atoms with Crippen molar-refractivity contribution in [3.8, 4) is 11.4 Å². The summed E-state index contributed by atoms with van der Waals surface area (Å²) >= 11 is 12.2. The number of fused-ring (bicyclic) bond motifs is 1. The zero-order chi connectivity index (χ0) is 18.1. The topological polar surface area (TPSA) is 27.1 Å². The van der Waals surface area contributed by atoms with Crippen LogP contribution in [0.1, 0.15) is 11.4 Å². The lowest BCUT2D eigenvalue weighted by Gasteiger charge is -2.12. The fraction of sp³-hybridized carbons (Fsp3) is 0.0952. The molecule has 0 bridgehead atoms. The molecule has 0 fully saturated rings. The second-order valence-electron chi connectivity index (χ2n) is 6.05. The van der Waals surface area contributed by atoms with Gasteiger partial charge >= 0.3 is 0 Å². The van der Waals surface area contributed by atoms with Crippen LogP contribution in [0.25, 0.3) is 16.7 Å². The van der Waals surface area contributed by atoms with Crippen LogP contribution >= 0.6 is 23.2 Å². The number of benzene rings is 3. The van der Waals surface area contributed by atoms with Crippen molar-refractivity contribution in [2.75, 3.05) is 0 Å². The summed E-state index contributed by atoms with van der Waals surface area (Å²) in [6, 6.07) is 21.6. The largest absolute Gasteiger partial charge is 0.484 e. The number of ether oxygens (including phenoxy) is 1. The van der Waals surface area contributed by atoms with Crippen molar-refractivity contribution in [2.45, 2.75) is 13.5 Å². The molecule has 3 aromatic carbocycles. The van der Waals surface area contributed by atoms with E-state index in [2.05, 4.69) is 41.8 Å². The molecule has 0 N–H and O–H groups in total. The monoisotopic (exact) mass is 382 g/mol. The summed E-state index contributed by atoms with van der Waals surface area (Å²) in [6.07, 6.45) is 0. The maximum atomic E-state index is 6.21. The van der Waals surface area contributed by atoms with Gasteiger partial charge < -0.3 is 4.74 Å². The lowest BCUT2D eigenvalue weighted by molar-refractivity contribution is 0.295. The number of imidazole rings is 1. The van der Waals surface area contributed by atoms with Crippen LogP contribution in [0.4, 0.5) is 0 Å². The van der Waals surface area contributed by atoms with Crippen molar-refractivity contribution in [2.24, 2.45) is 0 Å². The standard InChI is InChI=1S/C21H16Cl2N2O/c1-14-6-9-16(10-7-14)25-19-5-3-2-4-18(19)24-21(25)13-26-20-11-8-15(22)12-17(20)23/h2-12H,13H2,1H3. The summed E-state index contributed by atoms with van der Waals surface area (Å²) in [5, 5.41) is 1.06. The number of aryl methyl sites for hydroxylation is 1. The van der Waals surface area contributed by atoms with Gasteiger partial charge in [0.2, 0.25) is 0 Å². The molecule has 3 nitrogen and oxygen atoms in total. The van der Waals surface area contributed by atoms with Crippen LogP contribution in [0.3, 0.4) is 0 Å². The predicted molar refractivity (Wildman–Crippen MR) is 107 cm³/mol. The molecule has 0 unspecified atom stereocenters. The third-order valence-corrected chi connectivity index (χ3v) is 4.70. The molecule has 0 saturated heterocycles. The molecular formula is C21H16Cl2N2O. The Morgan fingerprint density at radius 3 is 2.50 bits per heavy atom. The molecule has 4 rings (SSSR count). The molecular weight excluding hydrogens is 367 g/mol. The Morgan fingerprint density at radius 1 is 0.962 bits per heavy atom. The van der Waals surface area contributed by atoms with Crippen molar-refractivity contribution in [1.82, 2.24) is 9.55 Å². The molecule has 0 radical (unpaired) electrons. The fourth-order valence-electron chi connectivity index (χ4n) is 2.89. The average Bonchev–Trinajstić information content (AvgIpc) is 3.00. The van der Waals surface area contributed by atoms with Crippen LogP contribution in [0.15, 0.2) is 66.7 Å². The Morgan fingerprint density at radius 2 is 1.73 bits per heavy atom. The van der Waals surface area contributed by atoms with Gasteiger partial charge in [-0.15, -0.1) is 0 Å². The van der Waals surface area contributed by atoms with Crippen molar-refractivity contribution in [1.29, 1.82) is 0 Å². The maximum absolute atomic E-state index is 6.21. The van der Waals surface area contributed by atoms with Gasteiger partial charge in [0, 0.05) is 10.7 Å². The maximum Gasteiger partial charge on any atom is 0.152 e. The minimum Gasteiger partial charge on any atom is -0.484 e. The van der Waals surface area contributed by atoms with Crippen LogP contribution in [-0.4, -0.2) is 9.55 Å². The first-order valence-electron chi connectivity index (χ1n) is 8.23. The first kappa shape index (κ1) is 17.0. The Hall–Kier alpha value is -2.49. The molecule has 5 heteroatoms.